The number of nitrogens with zero attached hydrogens (tertiary/aromatic N) is 2. The summed E-state index contributed by atoms with van der Waals surface area (Å²) in [6.45, 7) is 4.13. The molecule has 0 atom stereocenters. The van der Waals surface area contributed by atoms with Crippen molar-refractivity contribution < 1.29 is 9.53 Å². The highest BCUT2D eigenvalue weighted by molar-refractivity contribution is 5.92. The van der Waals surface area contributed by atoms with E-state index in [9.17, 15) is 4.79 Å². The molecule has 1 aromatic heterocycles. The maximum absolute atomic E-state index is 12.0. The number of carbonyl (C=O) groups excluding carboxylic acids is 1. The summed E-state index contributed by atoms with van der Waals surface area (Å²) in [6, 6.07) is 3.68. The van der Waals surface area contributed by atoms with Crippen LogP contribution < -0.4 is 4.74 Å². The molecule has 1 saturated carbocycles. The number of carbonyl (C=O) groups is 1. The Labute approximate surface area is 108 Å². The number of amides is 1. The van der Waals surface area contributed by atoms with Crippen molar-refractivity contribution in [3.63, 3.8) is 0 Å². The fraction of sp³-hybridized carbons (Fsp3) is 0.571. The zero-order valence-corrected chi connectivity index (χ0v) is 11.4. The Balaban J connectivity index is 2.32. The van der Waals surface area contributed by atoms with E-state index in [0.29, 0.717) is 11.8 Å². The van der Waals surface area contributed by atoms with Crippen LogP contribution in [0.15, 0.2) is 12.1 Å². The molecular weight excluding hydrogens is 228 g/mol. The summed E-state index contributed by atoms with van der Waals surface area (Å²) in [7, 11) is 3.46. The van der Waals surface area contributed by atoms with Gasteiger partial charge in [-0.15, -0.1) is 0 Å². The lowest BCUT2D eigenvalue weighted by Gasteiger charge is -2.14. The van der Waals surface area contributed by atoms with E-state index in [2.05, 4.69) is 18.8 Å². The normalized spacial score (nSPS) is 14.7. The molecule has 0 saturated heterocycles. The Bertz CT molecular complexity index is 451. The van der Waals surface area contributed by atoms with Gasteiger partial charge in [0.15, 0.2) is 0 Å². The Kier molecular flexibility index (Phi) is 3.55. The van der Waals surface area contributed by atoms with Crippen LogP contribution in [0.25, 0.3) is 0 Å². The molecule has 18 heavy (non-hydrogen) atoms. The van der Waals surface area contributed by atoms with Crippen LogP contribution >= 0.6 is 0 Å². The summed E-state index contributed by atoms with van der Waals surface area (Å²) in [5.41, 5.74) is 1.36. The highest BCUT2D eigenvalue weighted by atomic mass is 16.5. The second-order valence-electron chi connectivity index (χ2n) is 5.28. The Morgan fingerprint density at radius 3 is 2.56 bits per heavy atom. The Hall–Kier alpha value is -1.58. The molecule has 1 aliphatic rings. The Morgan fingerprint density at radius 1 is 1.39 bits per heavy atom. The zero-order valence-electron chi connectivity index (χ0n) is 11.4. The van der Waals surface area contributed by atoms with Gasteiger partial charge >= 0.3 is 0 Å². The molecular formula is C14H20N2O2. The molecule has 1 heterocycles. The summed E-state index contributed by atoms with van der Waals surface area (Å²) >= 11 is 0. The van der Waals surface area contributed by atoms with Crippen LogP contribution in [-0.4, -0.2) is 36.0 Å². The van der Waals surface area contributed by atoms with Crippen LogP contribution in [0.3, 0.4) is 0 Å². The van der Waals surface area contributed by atoms with E-state index in [1.807, 2.05) is 6.07 Å². The summed E-state index contributed by atoms with van der Waals surface area (Å²) in [4.78, 5) is 17.9. The van der Waals surface area contributed by atoms with Gasteiger partial charge in [0.05, 0.1) is 6.10 Å². The summed E-state index contributed by atoms with van der Waals surface area (Å²) in [5, 5.41) is 0. The lowest BCUT2D eigenvalue weighted by molar-refractivity contribution is 0.0821. The molecule has 2 rings (SSSR count). The van der Waals surface area contributed by atoms with Gasteiger partial charge < -0.3 is 9.64 Å². The summed E-state index contributed by atoms with van der Waals surface area (Å²) in [5.74, 6) is 0.959. The first-order valence-electron chi connectivity index (χ1n) is 6.37. The topological polar surface area (TPSA) is 42.4 Å². The van der Waals surface area contributed by atoms with Gasteiger partial charge in [-0.1, -0.05) is 13.8 Å². The predicted molar refractivity (Wildman–Crippen MR) is 70.0 cm³/mol. The standard InChI is InChI=1S/C14H20N2O2/c1-9(2)12-7-11(18-10-5-6-10)8-13(15-12)14(17)16(3)4/h7-10H,5-6H2,1-4H3. The van der Waals surface area contributed by atoms with Gasteiger partial charge in [-0.3, -0.25) is 4.79 Å². The number of aromatic nitrogens is 1. The van der Waals surface area contributed by atoms with Crippen molar-refractivity contribution in [1.29, 1.82) is 0 Å². The first kappa shape index (κ1) is 12.9. The molecule has 1 aromatic rings. The lowest BCUT2D eigenvalue weighted by atomic mass is 10.1. The molecule has 0 N–H and O–H groups in total. The molecule has 1 amide bonds. The number of pyridine rings is 1. The molecule has 4 heteroatoms. The Morgan fingerprint density at radius 2 is 2.06 bits per heavy atom. The monoisotopic (exact) mass is 248 g/mol. The maximum Gasteiger partial charge on any atom is 0.272 e. The van der Waals surface area contributed by atoms with E-state index in [-0.39, 0.29) is 11.8 Å². The number of rotatable bonds is 4. The SMILES string of the molecule is CC(C)c1cc(OC2CC2)cc(C(=O)N(C)C)n1. The molecule has 0 aliphatic heterocycles. The van der Waals surface area contributed by atoms with E-state index in [1.54, 1.807) is 20.2 Å². The third-order valence-electron chi connectivity index (χ3n) is 2.86. The first-order valence-corrected chi connectivity index (χ1v) is 6.37. The summed E-state index contributed by atoms with van der Waals surface area (Å²) in [6.07, 6.45) is 2.54. The van der Waals surface area contributed by atoms with Crippen LogP contribution in [0.2, 0.25) is 0 Å². The fourth-order valence-corrected chi connectivity index (χ4v) is 1.61. The van der Waals surface area contributed by atoms with E-state index in [1.165, 1.54) is 4.90 Å². The van der Waals surface area contributed by atoms with E-state index >= 15 is 0 Å². The number of hydrogen-bond donors (Lipinski definition) is 0. The molecule has 4 nitrogen and oxygen atoms in total. The van der Waals surface area contributed by atoms with Gasteiger partial charge in [0.2, 0.25) is 0 Å². The fourth-order valence-electron chi connectivity index (χ4n) is 1.61. The van der Waals surface area contributed by atoms with Gasteiger partial charge in [-0.05, 0) is 18.8 Å². The third-order valence-corrected chi connectivity index (χ3v) is 2.86. The average molecular weight is 248 g/mol. The van der Waals surface area contributed by atoms with Crippen molar-refractivity contribution in [3.8, 4) is 5.75 Å². The van der Waals surface area contributed by atoms with Gasteiger partial charge in [0.1, 0.15) is 11.4 Å². The van der Waals surface area contributed by atoms with E-state index in [4.69, 9.17) is 4.74 Å². The number of hydrogen-bond acceptors (Lipinski definition) is 3. The lowest BCUT2D eigenvalue weighted by Crippen LogP contribution is -2.23. The quantitative estimate of drug-likeness (QED) is 0.822. The van der Waals surface area contributed by atoms with Gasteiger partial charge in [-0.2, -0.15) is 0 Å². The minimum atomic E-state index is -0.0850. The maximum atomic E-state index is 12.0. The second-order valence-corrected chi connectivity index (χ2v) is 5.28. The zero-order chi connectivity index (χ0) is 13.3. The van der Waals surface area contributed by atoms with E-state index < -0.39 is 0 Å². The average Bonchev–Trinajstić information content (AvgIpc) is 3.11. The van der Waals surface area contributed by atoms with Crippen molar-refractivity contribution >= 4 is 5.91 Å². The molecule has 0 unspecified atom stereocenters. The highest BCUT2D eigenvalue weighted by Crippen LogP contribution is 2.28. The number of ether oxygens (including phenoxy) is 1. The van der Waals surface area contributed by atoms with Gasteiger partial charge in [0.25, 0.3) is 5.91 Å². The molecule has 1 aliphatic carbocycles. The predicted octanol–water partition coefficient (Wildman–Crippen LogP) is 2.45. The summed E-state index contributed by atoms with van der Waals surface area (Å²) < 4.78 is 5.78. The van der Waals surface area contributed by atoms with Crippen LogP contribution in [0, 0.1) is 0 Å². The smallest absolute Gasteiger partial charge is 0.272 e. The minimum Gasteiger partial charge on any atom is -0.490 e. The van der Waals surface area contributed by atoms with Gasteiger partial charge in [-0.25, -0.2) is 4.98 Å². The minimum absolute atomic E-state index is 0.0850. The van der Waals surface area contributed by atoms with Crippen molar-refractivity contribution in [2.45, 2.75) is 38.7 Å². The van der Waals surface area contributed by atoms with Crippen LogP contribution in [-0.2, 0) is 0 Å². The van der Waals surface area contributed by atoms with Crippen molar-refractivity contribution in [3.05, 3.63) is 23.5 Å². The first-order chi connectivity index (χ1) is 8.47. The third kappa shape index (κ3) is 3.00. The molecule has 1 fully saturated rings. The van der Waals surface area contributed by atoms with Crippen LogP contribution in [0.1, 0.15) is 48.8 Å². The second kappa shape index (κ2) is 4.96. The van der Waals surface area contributed by atoms with E-state index in [0.717, 1.165) is 24.3 Å². The van der Waals surface area contributed by atoms with Crippen LogP contribution in [0.5, 0.6) is 5.75 Å². The van der Waals surface area contributed by atoms with Crippen molar-refractivity contribution in [1.82, 2.24) is 9.88 Å². The van der Waals surface area contributed by atoms with Gasteiger partial charge in [0, 0.05) is 31.9 Å². The molecule has 0 bridgehead atoms. The highest BCUT2D eigenvalue weighted by Gasteiger charge is 2.24. The largest absolute Gasteiger partial charge is 0.490 e. The molecule has 98 valence electrons. The molecule has 0 spiro atoms. The molecule has 0 radical (unpaired) electrons. The van der Waals surface area contributed by atoms with Crippen molar-refractivity contribution in [2.24, 2.45) is 0 Å². The van der Waals surface area contributed by atoms with Crippen molar-refractivity contribution in [2.75, 3.05) is 14.1 Å². The molecule has 0 aromatic carbocycles. The van der Waals surface area contributed by atoms with Crippen LogP contribution in [0.4, 0.5) is 0 Å².